The second kappa shape index (κ2) is 5.57. The molecule has 2 rings (SSSR count). The Morgan fingerprint density at radius 1 is 1.50 bits per heavy atom. The fourth-order valence-corrected chi connectivity index (χ4v) is 1.92. The SMILES string of the molecule is COCc1nc(-c2cccc(F)c2)[nH]c(=O)c1I. The van der Waals surface area contributed by atoms with Gasteiger partial charge in [-0.25, -0.2) is 9.37 Å². The normalized spacial score (nSPS) is 10.6. The summed E-state index contributed by atoms with van der Waals surface area (Å²) in [4.78, 5) is 18.6. The van der Waals surface area contributed by atoms with E-state index in [4.69, 9.17) is 4.74 Å². The number of hydrogen-bond donors (Lipinski definition) is 1. The van der Waals surface area contributed by atoms with Gasteiger partial charge in [0.2, 0.25) is 0 Å². The van der Waals surface area contributed by atoms with E-state index in [9.17, 15) is 9.18 Å². The second-order valence-corrected chi connectivity index (χ2v) is 4.70. The number of H-pyrrole nitrogens is 1. The summed E-state index contributed by atoms with van der Waals surface area (Å²) < 4.78 is 18.6. The van der Waals surface area contributed by atoms with E-state index in [2.05, 4.69) is 9.97 Å². The highest BCUT2D eigenvalue weighted by molar-refractivity contribution is 14.1. The monoisotopic (exact) mass is 360 g/mol. The molecule has 0 fully saturated rings. The molecular formula is C12H10FIN2O2. The number of nitrogens with zero attached hydrogens (tertiary/aromatic N) is 1. The smallest absolute Gasteiger partial charge is 0.264 e. The van der Waals surface area contributed by atoms with E-state index in [1.807, 2.05) is 22.6 Å². The molecule has 1 heterocycles. The van der Waals surface area contributed by atoms with Crippen LogP contribution in [-0.2, 0) is 11.3 Å². The van der Waals surface area contributed by atoms with Crippen molar-refractivity contribution < 1.29 is 9.13 Å². The van der Waals surface area contributed by atoms with Crippen LogP contribution in [0.4, 0.5) is 4.39 Å². The predicted molar refractivity (Wildman–Crippen MR) is 73.7 cm³/mol. The van der Waals surface area contributed by atoms with Gasteiger partial charge in [-0.05, 0) is 34.7 Å². The van der Waals surface area contributed by atoms with Gasteiger partial charge in [-0.2, -0.15) is 0 Å². The van der Waals surface area contributed by atoms with Gasteiger partial charge < -0.3 is 9.72 Å². The van der Waals surface area contributed by atoms with E-state index in [0.29, 0.717) is 20.7 Å². The van der Waals surface area contributed by atoms with Crippen molar-refractivity contribution in [3.05, 3.63) is 49.7 Å². The molecular weight excluding hydrogens is 350 g/mol. The average molecular weight is 360 g/mol. The second-order valence-electron chi connectivity index (χ2n) is 3.62. The molecule has 0 saturated heterocycles. The zero-order chi connectivity index (χ0) is 13.1. The van der Waals surface area contributed by atoms with Crippen molar-refractivity contribution in [1.82, 2.24) is 9.97 Å². The van der Waals surface area contributed by atoms with Crippen molar-refractivity contribution >= 4 is 22.6 Å². The zero-order valence-corrected chi connectivity index (χ0v) is 11.7. The Labute approximate surface area is 116 Å². The molecule has 1 aromatic heterocycles. The number of methoxy groups -OCH3 is 1. The summed E-state index contributed by atoms with van der Waals surface area (Å²) in [6, 6.07) is 5.91. The van der Waals surface area contributed by atoms with Gasteiger partial charge in [0.15, 0.2) is 0 Å². The van der Waals surface area contributed by atoms with E-state index in [-0.39, 0.29) is 18.0 Å². The first-order chi connectivity index (χ1) is 8.61. The van der Waals surface area contributed by atoms with Crippen LogP contribution in [0.3, 0.4) is 0 Å². The van der Waals surface area contributed by atoms with Crippen LogP contribution in [0.5, 0.6) is 0 Å². The first-order valence-electron chi connectivity index (χ1n) is 5.15. The van der Waals surface area contributed by atoms with Crippen molar-refractivity contribution in [2.24, 2.45) is 0 Å². The summed E-state index contributed by atoms with van der Waals surface area (Å²) in [5.74, 6) is -0.0334. The molecule has 0 bridgehead atoms. The van der Waals surface area contributed by atoms with Gasteiger partial charge in [-0.3, -0.25) is 4.79 Å². The van der Waals surface area contributed by atoms with Gasteiger partial charge in [0.05, 0.1) is 12.3 Å². The molecule has 4 nitrogen and oxygen atoms in total. The Hall–Kier alpha value is -1.28. The molecule has 0 aliphatic carbocycles. The lowest BCUT2D eigenvalue weighted by atomic mass is 10.2. The zero-order valence-electron chi connectivity index (χ0n) is 9.54. The first kappa shape index (κ1) is 13.2. The predicted octanol–water partition coefficient (Wildman–Crippen LogP) is 2.33. The van der Waals surface area contributed by atoms with E-state index in [1.54, 1.807) is 12.1 Å². The number of halogens is 2. The quantitative estimate of drug-likeness (QED) is 0.855. The van der Waals surface area contributed by atoms with Crippen LogP contribution in [-0.4, -0.2) is 17.1 Å². The largest absolute Gasteiger partial charge is 0.378 e. The Morgan fingerprint density at radius 3 is 2.94 bits per heavy atom. The Bertz CT molecular complexity index is 628. The highest BCUT2D eigenvalue weighted by Gasteiger charge is 2.10. The summed E-state index contributed by atoms with van der Waals surface area (Å²) in [6.45, 7) is 0.241. The standard InChI is InChI=1S/C12H10FIN2O2/c1-18-6-9-10(14)12(17)16-11(15-9)7-3-2-4-8(13)5-7/h2-5H,6H2,1H3,(H,15,16,17). The number of benzene rings is 1. The molecule has 6 heteroatoms. The lowest BCUT2D eigenvalue weighted by Crippen LogP contribution is -2.16. The number of rotatable bonds is 3. The Balaban J connectivity index is 2.55. The Morgan fingerprint density at radius 2 is 2.28 bits per heavy atom. The fraction of sp³-hybridized carbons (Fsp3) is 0.167. The molecule has 0 saturated carbocycles. The van der Waals surface area contributed by atoms with E-state index in [0.717, 1.165) is 0 Å². The molecule has 0 unspecified atom stereocenters. The molecule has 0 atom stereocenters. The van der Waals surface area contributed by atoms with Crippen LogP contribution in [0.25, 0.3) is 11.4 Å². The lowest BCUT2D eigenvalue weighted by molar-refractivity contribution is 0.180. The van der Waals surface area contributed by atoms with Gasteiger partial charge in [-0.15, -0.1) is 0 Å². The lowest BCUT2D eigenvalue weighted by Gasteiger charge is -2.06. The molecule has 0 radical (unpaired) electrons. The van der Waals surface area contributed by atoms with Crippen molar-refractivity contribution in [2.45, 2.75) is 6.61 Å². The minimum atomic E-state index is -0.373. The minimum absolute atomic E-state index is 0.241. The fourth-order valence-electron chi connectivity index (χ4n) is 1.51. The summed E-state index contributed by atoms with van der Waals surface area (Å²) in [6.07, 6.45) is 0. The molecule has 94 valence electrons. The third-order valence-electron chi connectivity index (χ3n) is 2.31. The van der Waals surface area contributed by atoms with Gasteiger partial charge >= 0.3 is 0 Å². The van der Waals surface area contributed by atoms with Gasteiger partial charge in [0.1, 0.15) is 15.2 Å². The highest BCUT2D eigenvalue weighted by atomic mass is 127. The Kier molecular flexibility index (Phi) is 4.07. The molecule has 0 spiro atoms. The van der Waals surface area contributed by atoms with Crippen molar-refractivity contribution in [2.75, 3.05) is 7.11 Å². The van der Waals surface area contributed by atoms with Crippen molar-refractivity contribution in [1.29, 1.82) is 0 Å². The first-order valence-corrected chi connectivity index (χ1v) is 6.23. The van der Waals surface area contributed by atoms with Crippen LogP contribution in [0.2, 0.25) is 0 Å². The number of aromatic nitrogens is 2. The topological polar surface area (TPSA) is 55.0 Å². The highest BCUT2D eigenvalue weighted by Crippen LogP contribution is 2.16. The van der Waals surface area contributed by atoms with Gasteiger partial charge in [0.25, 0.3) is 5.56 Å². The molecule has 2 aromatic rings. The maximum Gasteiger partial charge on any atom is 0.264 e. The minimum Gasteiger partial charge on any atom is -0.378 e. The van der Waals surface area contributed by atoms with Gasteiger partial charge in [0, 0.05) is 12.7 Å². The molecule has 1 aromatic carbocycles. The maximum absolute atomic E-state index is 13.1. The number of aromatic amines is 1. The van der Waals surface area contributed by atoms with E-state index >= 15 is 0 Å². The van der Waals surface area contributed by atoms with Gasteiger partial charge in [-0.1, -0.05) is 12.1 Å². The molecule has 0 aliphatic heterocycles. The third kappa shape index (κ3) is 2.75. The molecule has 1 N–H and O–H groups in total. The van der Waals surface area contributed by atoms with Crippen LogP contribution >= 0.6 is 22.6 Å². The summed E-state index contributed by atoms with van der Waals surface area (Å²) in [7, 11) is 1.53. The van der Waals surface area contributed by atoms with Crippen molar-refractivity contribution in [3.8, 4) is 11.4 Å². The summed E-state index contributed by atoms with van der Waals surface area (Å²) >= 11 is 1.91. The molecule has 0 amide bonds. The van der Waals surface area contributed by atoms with E-state index < -0.39 is 0 Å². The summed E-state index contributed by atoms with van der Waals surface area (Å²) in [5.41, 5.74) is 0.818. The molecule has 18 heavy (non-hydrogen) atoms. The number of ether oxygens (including phenoxy) is 1. The van der Waals surface area contributed by atoms with E-state index in [1.165, 1.54) is 19.2 Å². The third-order valence-corrected chi connectivity index (χ3v) is 3.42. The average Bonchev–Trinajstić information content (AvgIpc) is 2.35. The van der Waals surface area contributed by atoms with Crippen LogP contribution in [0.15, 0.2) is 29.1 Å². The van der Waals surface area contributed by atoms with Crippen LogP contribution < -0.4 is 5.56 Å². The van der Waals surface area contributed by atoms with Crippen LogP contribution in [0.1, 0.15) is 5.69 Å². The van der Waals surface area contributed by atoms with Crippen molar-refractivity contribution in [3.63, 3.8) is 0 Å². The molecule has 0 aliphatic rings. The summed E-state index contributed by atoms with van der Waals surface area (Å²) in [5, 5.41) is 0. The maximum atomic E-state index is 13.1. The van der Waals surface area contributed by atoms with Crippen LogP contribution in [0, 0.1) is 9.39 Å². The number of hydrogen-bond acceptors (Lipinski definition) is 3. The number of nitrogens with one attached hydrogen (secondary N) is 1.